The maximum Gasteiger partial charge on any atom is 0.416 e. The lowest BCUT2D eigenvalue weighted by Gasteiger charge is -2.11. The van der Waals surface area contributed by atoms with E-state index in [1.165, 1.54) is 18.3 Å². The summed E-state index contributed by atoms with van der Waals surface area (Å²) in [6, 6.07) is 4.33. The first-order chi connectivity index (χ1) is 9.30. The number of hydrogen-bond acceptors (Lipinski definition) is 2. The molecule has 104 valence electrons. The smallest absolute Gasteiger partial charge is 0.416 e. The highest BCUT2D eigenvalue weighted by molar-refractivity contribution is 6.34. The van der Waals surface area contributed by atoms with E-state index in [-0.39, 0.29) is 21.7 Å². The molecule has 20 heavy (non-hydrogen) atoms. The lowest BCUT2D eigenvalue weighted by Crippen LogP contribution is -2.06. The van der Waals surface area contributed by atoms with Gasteiger partial charge in [0.1, 0.15) is 0 Å². The van der Waals surface area contributed by atoms with Crippen LogP contribution in [0.25, 0.3) is 11.1 Å². The van der Waals surface area contributed by atoms with Crippen LogP contribution in [0.15, 0.2) is 36.7 Å². The Hall–Kier alpha value is -2.08. The summed E-state index contributed by atoms with van der Waals surface area (Å²) >= 11 is 5.74. The number of halogens is 4. The van der Waals surface area contributed by atoms with E-state index in [4.69, 9.17) is 16.7 Å². The summed E-state index contributed by atoms with van der Waals surface area (Å²) in [4.78, 5) is 14.9. The molecule has 0 aliphatic carbocycles. The van der Waals surface area contributed by atoms with Gasteiger partial charge in [-0.2, -0.15) is 13.2 Å². The van der Waals surface area contributed by atoms with Crippen molar-refractivity contribution in [3.63, 3.8) is 0 Å². The van der Waals surface area contributed by atoms with Gasteiger partial charge in [-0.3, -0.25) is 4.98 Å². The summed E-state index contributed by atoms with van der Waals surface area (Å²) in [5.74, 6) is -1.33. The lowest BCUT2D eigenvalue weighted by molar-refractivity contribution is -0.137. The minimum absolute atomic E-state index is 0.0381. The normalized spacial score (nSPS) is 11.4. The zero-order valence-corrected chi connectivity index (χ0v) is 10.5. The van der Waals surface area contributed by atoms with E-state index < -0.39 is 17.7 Å². The van der Waals surface area contributed by atoms with Crippen LogP contribution in [-0.2, 0) is 6.18 Å². The Balaban J connectivity index is 2.64. The van der Waals surface area contributed by atoms with Gasteiger partial charge in [0.25, 0.3) is 0 Å². The second kappa shape index (κ2) is 5.13. The molecule has 1 heterocycles. The van der Waals surface area contributed by atoms with Crippen molar-refractivity contribution in [2.45, 2.75) is 6.18 Å². The highest BCUT2D eigenvalue weighted by Gasteiger charge is 2.30. The number of aromatic carboxylic acids is 1. The standard InChI is InChI=1S/C13H7ClF3NO2/c14-10-6-18-5-9(11(10)12(19)20)7-2-1-3-8(4-7)13(15,16)17/h1-6H,(H,19,20). The molecule has 0 spiro atoms. The van der Waals surface area contributed by atoms with Crippen LogP contribution in [0.4, 0.5) is 13.2 Å². The maximum absolute atomic E-state index is 12.7. The molecule has 1 aromatic carbocycles. The number of aromatic nitrogens is 1. The minimum Gasteiger partial charge on any atom is -0.478 e. The zero-order chi connectivity index (χ0) is 14.9. The van der Waals surface area contributed by atoms with Crippen molar-refractivity contribution in [2.75, 3.05) is 0 Å². The van der Waals surface area contributed by atoms with Gasteiger partial charge in [0.05, 0.1) is 16.1 Å². The van der Waals surface area contributed by atoms with Gasteiger partial charge in [-0.25, -0.2) is 4.79 Å². The van der Waals surface area contributed by atoms with Crippen molar-refractivity contribution in [1.29, 1.82) is 0 Å². The molecule has 0 radical (unpaired) electrons. The molecule has 0 unspecified atom stereocenters. The molecular formula is C13H7ClF3NO2. The van der Waals surface area contributed by atoms with Gasteiger partial charge in [-0.1, -0.05) is 23.7 Å². The molecule has 0 saturated carbocycles. The third-order valence-electron chi connectivity index (χ3n) is 2.61. The van der Waals surface area contributed by atoms with Crippen molar-refractivity contribution >= 4 is 17.6 Å². The summed E-state index contributed by atoms with van der Waals surface area (Å²) in [5, 5.41) is 8.97. The molecular weight excluding hydrogens is 295 g/mol. The van der Waals surface area contributed by atoms with E-state index in [9.17, 15) is 18.0 Å². The Bertz CT molecular complexity index is 671. The summed E-state index contributed by atoms with van der Waals surface area (Å²) in [6.45, 7) is 0. The van der Waals surface area contributed by atoms with E-state index in [0.29, 0.717) is 0 Å². The first-order valence-corrected chi connectivity index (χ1v) is 5.73. The number of hydrogen-bond donors (Lipinski definition) is 1. The van der Waals surface area contributed by atoms with Crippen molar-refractivity contribution in [3.05, 3.63) is 52.8 Å². The molecule has 1 aromatic heterocycles. The van der Waals surface area contributed by atoms with Gasteiger partial charge < -0.3 is 5.11 Å². The summed E-state index contributed by atoms with van der Waals surface area (Å²) in [6.07, 6.45) is -2.21. The van der Waals surface area contributed by atoms with Crippen LogP contribution in [0.3, 0.4) is 0 Å². The third-order valence-corrected chi connectivity index (χ3v) is 2.90. The molecule has 1 N–H and O–H groups in total. The molecule has 2 rings (SSSR count). The second-order valence-electron chi connectivity index (χ2n) is 3.93. The predicted molar refractivity (Wildman–Crippen MR) is 66.6 cm³/mol. The Morgan fingerprint density at radius 2 is 1.95 bits per heavy atom. The molecule has 0 fully saturated rings. The predicted octanol–water partition coefficient (Wildman–Crippen LogP) is 4.12. The van der Waals surface area contributed by atoms with Crippen LogP contribution >= 0.6 is 11.6 Å². The van der Waals surface area contributed by atoms with Gasteiger partial charge in [-0.15, -0.1) is 0 Å². The SMILES string of the molecule is O=C(O)c1c(Cl)cncc1-c1cccc(C(F)(F)F)c1. The molecule has 0 bridgehead atoms. The number of carboxylic acids is 1. The quantitative estimate of drug-likeness (QED) is 0.907. The van der Waals surface area contributed by atoms with E-state index in [1.807, 2.05) is 0 Å². The fourth-order valence-electron chi connectivity index (χ4n) is 1.73. The number of carboxylic acid groups (broad SMARTS) is 1. The van der Waals surface area contributed by atoms with Crippen molar-refractivity contribution in [1.82, 2.24) is 4.98 Å². The molecule has 0 aliphatic rings. The second-order valence-corrected chi connectivity index (χ2v) is 4.33. The number of alkyl halides is 3. The fourth-order valence-corrected chi connectivity index (χ4v) is 1.97. The Morgan fingerprint density at radius 1 is 1.25 bits per heavy atom. The van der Waals surface area contributed by atoms with Crippen molar-refractivity contribution in [2.24, 2.45) is 0 Å². The monoisotopic (exact) mass is 301 g/mol. The van der Waals surface area contributed by atoms with Crippen LogP contribution < -0.4 is 0 Å². The van der Waals surface area contributed by atoms with E-state index in [0.717, 1.165) is 18.3 Å². The highest BCUT2D eigenvalue weighted by Crippen LogP contribution is 2.34. The van der Waals surface area contributed by atoms with Crippen LogP contribution in [0, 0.1) is 0 Å². The minimum atomic E-state index is -4.51. The summed E-state index contributed by atoms with van der Waals surface area (Å²) in [7, 11) is 0. The summed E-state index contributed by atoms with van der Waals surface area (Å²) in [5.41, 5.74) is -1.02. The van der Waals surface area contributed by atoms with Crippen molar-refractivity contribution < 1.29 is 23.1 Å². The first kappa shape index (κ1) is 14.3. The molecule has 7 heteroatoms. The lowest BCUT2D eigenvalue weighted by atomic mass is 10.00. The van der Waals surface area contributed by atoms with Crippen LogP contribution in [-0.4, -0.2) is 16.1 Å². The number of carbonyl (C=O) groups is 1. The van der Waals surface area contributed by atoms with Gasteiger partial charge in [-0.05, 0) is 17.7 Å². The van der Waals surface area contributed by atoms with E-state index in [1.54, 1.807) is 0 Å². The average Bonchev–Trinajstić information content (AvgIpc) is 2.37. The van der Waals surface area contributed by atoms with Crippen LogP contribution in [0.5, 0.6) is 0 Å². The first-order valence-electron chi connectivity index (χ1n) is 5.35. The molecule has 0 saturated heterocycles. The average molecular weight is 302 g/mol. The molecule has 0 amide bonds. The molecule has 2 aromatic rings. The number of rotatable bonds is 2. The Kier molecular flexibility index (Phi) is 3.67. The maximum atomic E-state index is 12.7. The van der Waals surface area contributed by atoms with Crippen molar-refractivity contribution in [3.8, 4) is 11.1 Å². The zero-order valence-electron chi connectivity index (χ0n) is 9.78. The topological polar surface area (TPSA) is 50.2 Å². The van der Waals surface area contributed by atoms with Crippen LogP contribution in [0.2, 0.25) is 5.02 Å². The molecule has 0 aliphatic heterocycles. The Morgan fingerprint density at radius 3 is 2.55 bits per heavy atom. The van der Waals surface area contributed by atoms with Gasteiger partial charge >= 0.3 is 12.1 Å². The summed E-state index contributed by atoms with van der Waals surface area (Å²) < 4.78 is 38.0. The number of nitrogens with zero attached hydrogens (tertiary/aromatic N) is 1. The van der Waals surface area contributed by atoms with E-state index >= 15 is 0 Å². The van der Waals surface area contributed by atoms with Crippen LogP contribution in [0.1, 0.15) is 15.9 Å². The molecule has 3 nitrogen and oxygen atoms in total. The largest absolute Gasteiger partial charge is 0.478 e. The van der Waals surface area contributed by atoms with Gasteiger partial charge in [0.2, 0.25) is 0 Å². The fraction of sp³-hybridized carbons (Fsp3) is 0.0769. The van der Waals surface area contributed by atoms with E-state index in [2.05, 4.69) is 4.98 Å². The van der Waals surface area contributed by atoms with Gasteiger partial charge in [0, 0.05) is 18.0 Å². The number of benzene rings is 1. The molecule has 0 atom stereocenters. The Labute approximate surface area is 116 Å². The van der Waals surface area contributed by atoms with Gasteiger partial charge in [0.15, 0.2) is 0 Å². The highest BCUT2D eigenvalue weighted by atomic mass is 35.5. The number of pyridine rings is 1. The third kappa shape index (κ3) is 2.75.